The minimum Gasteiger partial charge on any atom is -0.652 e. The standard InChI is InChI=1S/C21H13ClF3N3O2.Al/c1-28(17-4-2-3-5-18(17)29)20(30)12-6-7-16(22)14(8-12)15-11-27-19(21(23,24)25)9-13(15)10-26;/h2-9,11,29H,1H3;/q;+1/p-1. The molecule has 0 aliphatic rings. The lowest BCUT2D eigenvalue weighted by molar-refractivity contribution is -0.141. The van der Waals surface area contributed by atoms with Gasteiger partial charge in [0.2, 0.25) is 0 Å². The molecule has 2 aromatic carbocycles. The number of carbonyl (C=O) groups is 1. The van der Waals surface area contributed by atoms with E-state index in [2.05, 4.69) is 21.6 Å². The molecule has 0 N–H and O–H groups in total. The number of pyridine rings is 1. The first kappa shape index (κ1) is 22.6. The molecule has 3 rings (SSSR count). The van der Waals surface area contributed by atoms with Gasteiger partial charge in [0.05, 0.1) is 17.3 Å². The maximum absolute atomic E-state index is 13.0. The Labute approximate surface area is 189 Å². The highest BCUT2D eigenvalue weighted by Gasteiger charge is 2.33. The van der Waals surface area contributed by atoms with E-state index in [9.17, 15) is 23.2 Å². The maximum atomic E-state index is 13.0. The maximum Gasteiger partial charge on any atom is 0.482 e. The minimum atomic E-state index is -4.69. The van der Waals surface area contributed by atoms with Gasteiger partial charge in [0, 0.05) is 35.0 Å². The molecule has 0 saturated heterocycles. The summed E-state index contributed by atoms with van der Waals surface area (Å²) in [5.74, 6) is 0.0436. The smallest absolute Gasteiger partial charge is 0.482 e. The SMILES string of the molecule is CN(C(=O)c1ccc(Cl)c(-c2cnc(C(F)(F)F)cc2C#N)c1)c1ccccc1[O][Al]. The van der Waals surface area contributed by atoms with Crippen LogP contribution in [0.25, 0.3) is 11.1 Å². The Morgan fingerprint density at radius 2 is 1.90 bits per heavy atom. The van der Waals surface area contributed by atoms with Gasteiger partial charge >= 0.3 is 22.8 Å². The van der Waals surface area contributed by atoms with Crippen molar-refractivity contribution in [3.63, 3.8) is 0 Å². The first-order valence-corrected chi connectivity index (χ1v) is 9.53. The first-order valence-electron chi connectivity index (χ1n) is 8.68. The lowest BCUT2D eigenvalue weighted by Crippen LogP contribution is -2.26. The highest BCUT2D eigenvalue weighted by Crippen LogP contribution is 2.35. The molecule has 2 radical (unpaired) electrons. The second-order valence-corrected chi connectivity index (χ2v) is 7.01. The van der Waals surface area contributed by atoms with Crippen molar-refractivity contribution < 1.29 is 21.8 Å². The summed E-state index contributed by atoms with van der Waals surface area (Å²) in [5.41, 5.74) is -0.424. The second-order valence-electron chi connectivity index (χ2n) is 6.37. The Morgan fingerprint density at radius 3 is 2.55 bits per heavy atom. The van der Waals surface area contributed by atoms with Crippen LogP contribution in [0, 0.1) is 11.3 Å². The topological polar surface area (TPSA) is 66.2 Å². The molecule has 0 atom stereocenters. The van der Waals surface area contributed by atoms with Gasteiger partial charge in [-0.25, -0.2) is 0 Å². The van der Waals surface area contributed by atoms with Crippen LogP contribution in [0.15, 0.2) is 54.7 Å². The highest BCUT2D eigenvalue weighted by molar-refractivity contribution is 6.33. The largest absolute Gasteiger partial charge is 0.652 e. The van der Waals surface area contributed by atoms with Crippen LogP contribution < -0.4 is 8.69 Å². The van der Waals surface area contributed by atoms with E-state index in [4.69, 9.17) is 15.4 Å². The summed E-state index contributed by atoms with van der Waals surface area (Å²) in [7, 11) is 1.56. The van der Waals surface area contributed by atoms with Crippen molar-refractivity contribution >= 4 is 39.8 Å². The van der Waals surface area contributed by atoms with Crippen molar-refractivity contribution in [2.24, 2.45) is 0 Å². The Hall–Kier alpha value is -3.04. The zero-order valence-corrected chi connectivity index (χ0v) is 17.9. The molecule has 3 aromatic rings. The normalized spacial score (nSPS) is 11.0. The molecule has 0 aliphatic heterocycles. The molecular formula is C21H12AlClF3N3O2. The van der Waals surface area contributed by atoms with E-state index in [0.29, 0.717) is 17.5 Å². The van der Waals surface area contributed by atoms with E-state index >= 15 is 0 Å². The quantitative estimate of drug-likeness (QED) is 0.515. The predicted molar refractivity (Wildman–Crippen MR) is 110 cm³/mol. The summed E-state index contributed by atoms with van der Waals surface area (Å²) in [6.45, 7) is 0. The van der Waals surface area contributed by atoms with Crippen molar-refractivity contribution in [3.8, 4) is 22.9 Å². The number of rotatable bonds is 4. The average molecular weight is 458 g/mol. The van der Waals surface area contributed by atoms with Gasteiger partial charge in [-0.15, -0.1) is 0 Å². The number of hydrogen-bond donors (Lipinski definition) is 0. The van der Waals surface area contributed by atoms with Gasteiger partial charge in [0.25, 0.3) is 5.91 Å². The molecule has 0 unspecified atom stereocenters. The van der Waals surface area contributed by atoms with Crippen molar-refractivity contribution in [2.75, 3.05) is 11.9 Å². The van der Waals surface area contributed by atoms with Crippen LogP contribution in [0.1, 0.15) is 21.6 Å². The summed E-state index contributed by atoms with van der Waals surface area (Å²) < 4.78 is 44.0. The number of nitrogens with zero attached hydrogens (tertiary/aromatic N) is 3. The number of para-hydroxylation sites is 2. The van der Waals surface area contributed by atoms with Crippen molar-refractivity contribution in [2.45, 2.75) is 6.18 Å². The summed E-state index contributed by atoms with van der Waals surface area (Å²) in [4.78, 5) is 17.8. The molecule has 1 heterocycles. The van der Waals surface area contributed by atoms with Crippen LogP contribution in [0.3, 0.4) is 0 Å². The monoisotopic (exact) mass is 457 g/mol. The fourth-order valence-corrected chi connectivity index (χ4v) is 3.34. The van der Waals surface area contributed by atoms with Gasteiger partial charge < -0.3 is 8.69 Å². The minimum absolute atomic E-state index is 0.0893. The predicted octanol–water partition coefficient (Wildman–Crippen LogP) is 5.03. The van der Waals surface area contributed by atoms with Crippen LogP contribution in [0.2, 0.25) is 5.02 Å². The van der Waals surface area contributed by atoms with Crippen molar-refractivity contribution in [3.05, 3.63) is 76.6 Å². The highest BCUT2D eigenvalue weighted by atomic mass is 35.5. The first-order chi connectivity index (χ1) is 14.7. The fraction of sp³-hybridized carbons (Fsp3) is 0.0952. The van der Waals surface area contributed by atoms with Gasteiger partial charge in [0.1, 0.15) is 11.4 Å². The molecule has 0 aliphatic carbocycles. The van der Waals surface area contributed by atoms with E-state index in [1.165, 1.54) is 23.1 Å². The molecule has 1 amide bonds. The van der Waals surface area contributed by atoms with Crippen molar-refractivity contribution in [1.29, 1.82) is 5.26 Å². The van der Waals surface area contributed by atoms with Crippen LogP contribution >= 0.6 is 11.6 Å². The lowest BCUT2D eigenvalue weighted by Gasteiger charge is -2.21. The molecule has 0 bridgehead atoms. The molecular weight excluding hydrogens is 446 g/mol. The number of halogens is 4. The Morgan fingerprint density at radius 1 is 1.19 bits per heavy atom. The third-order valence-corrected chi connectivity index (χ3v) is 5.06. The van der Waals surface area contributed by atoms with Gasteiger partial charge in [-0.05, 0) is 36.4 Å². The molecule has 0 fully saturated rings. The summed E-state index contributed by atoms with van der Waals surface area (Å²) in [6, 6.07) is 13.6. The van der Waals surface area contributed by atoms with E-state index in [1.54, 1.807) is 37.4 Å². The van der Waals surface area contributed by atoms with E-state index in [-0.39, 0.29) is 27.3 Å². The number of alkyl halides is 3. The van der Waals surface area contributed by atoms with E-state index < -0.39 is 17.8 Å². The van der Waals surface area contributed by atoms with E-state index in [1.807, 2.05) is 0 Å². The Kier molecular flexibility index (Phi) is 6.57. The van der Waals surface area contributed by atoms with Gasteiger partial charge in [-0.1, -0.05) is 23.7 Å². The number of aromatic nitrogens is 1. The summed E-state index contributed by atoms with van der Waals surface area (Å²) >= 11 is 8.34. The number of nitriles is 1. The third-order valence-electron chi connectivity index (χ3n) is 4.48. The molecule has 0 spiro atoms. The summed E-state index contributed by atoms with van der Waals surface area (Å²) in [6.07, 6.45) is -3.76. The van der Waals surface area contributed by atoms with Crippen LogP contribution in [-0.4, -0.2) is 34.6 Å². The number of amides is 1. The number of benzene rings is 2. The third kappa shape index (κ3) is 4.67. The van der Waals surface area contributed by atoms with Crippen LogP contribution in [0.5, 0.6) is 5.75 Å². The second kappa shape index (κ2) is 8.99. The Balaban J connectivity index is 2.05. The van der Waals surface area contributed by atoms with Gasteiger partial charge in [0.15, 0.2) is 0 Å². The number of anilines is 1. The molecule has 0 saturated carbocycles. The zero-order valence-electron chi connectivity index (χ0n) is 15.9. The fourth-order valence-electron chi connectivity index (χ4n) is 2.92. The van der Waals surface area contributed by atoms with Crippen LogP contribution in [0.4, 0.5) is 18.9 Å². The molecule has 1 aromatic heterocycles. The number of carbonyl (C=O) groups excluding carboxylic acids is 1. The summed E-state index contributed by atoms with van der Waals surface area (Å²) in [5, 5.41) is 9.51. The zero-order chi connectivity index (χ0) is 22.8. The number of hydrogen-bond acceptors (Lipinski definition) is 4. The average Bonchev–Trinajstić information content (AvgIpc) is 2.77. The molecule has 31 heavy (non-hydrogen) atoms. The van der Waals surface area contributed by atoms with Crippen LogP contribution in [-0.2, 0) is 6.18 Å². The van der Waals surface area contributed by atoms with Gasteiger partial charge in [-0.3, -0.25) is 9.78 Å². The molecule has 154 valence electrons. The van der Waals surface area contributed by atoms with E-state index in [0.717, 1.165) is 6.20 Å². The molecule has 10 heteroatoms. The lowest BCUT2D eigenvalue weighted by atomic mass is 9.99. The van der Waals surface area contributed by atoms with Gasteiger partial charge in [-0.2, -0.15) is 18.4 Å². The Bertz CT molecular complexity index is 1200. The van der Waals surface area contributed by atoms with Crippen molar-refractivity contribution in [1.82, 2.24) is 4.98 Å². The molecule has 5 nitrogen and oxygen atoms in total.